The van der Waals surface area contributed by atoms with E-state index in [-0.39, 0.29) is 23.8 Å². The molecular formula is C14H16BrNO4S. The van der Waals surface area contributed by atoms with Gasteiger partial charge in [0.1, 0.15) is 4.99 Å². The summed E-state index contributed by atoms with van der Waals surface area (Å²) in [7, 11) is 0. The molecule has 0 unspecified atom stereocenters. The molecular weight excluding hydrogens is 358 g/mol. The van der Waals surface area contributed by atoms with Gasteiger partial charge in [0.05, 0.1) is 13.2 Å². The highest BCUT2D eigenvalue weighted by Crippen LogP contribution is 2.17. The fraction of sp³-hybridized carbons (Fsp3) is 0.286. The summed E-state index contributed by atoms with van der Waals surface area (Å²) in [6.45, 7) is 3.72. The summed E-state index contributed by atoms with van der Waals surface area (Å²) in [6.07, 6.45) is 0. The van der Waals surface area contributed by atoms with E-state index in [9.17, 15) is 9.90 Å². The average Bonchev–Trinajstić information content (AvgIpc) is 2.42. The lowest BCUT2D eigenvalue weighted by Crippen LogP contribution is -2.23. The summed E-state index contributed by atoms with van der Waals surface area (Å²) in [4.78, 5) is 11.9. The van der Waals surface area contributed by atoms with E-state index in [1.807, 2.05) is 12.1 Å². The van der Waals surface area contributed by atoms with Gasteiger partial charge in [-0.1, -0.05) is 28.1 Å². The highest BCUT2D eigenvalue weighted by atomic mass is 79.9. The molecule has 0 radical (unpaired) electrons. The number of benzene rings is 1. The number of hydrogen-bond acceptors (Lipinski definition) is 5. The van der Waals surface area contributed by atoms with E-state index in [2.05, 4.69) is 21.2 Å². The summed E-state index contributed by atoms with van der Waals surface area (Å²) in [5, 5.41) is 12.7. The van der Waals surface area contributed by atoms with Crippen LogP contribution in [0.15, 0.2) is 40.3 Å². The summed E-state index contributed by atoms with van der Waals surface area (Å²) >= 11 is 8.47. The number of esters is 1. The van der Waals surface area contributed by atoms with Crippen LogP contribution in [-0.2, 0) is 14.3 Å². The molecule has 0 bridgehead atoms. The van der Waals surface area contributed by atoms with Crippen LogP contribution in [-0.4, -0.2) is 29.3 Å². The van der Waals surface area contributed by atoms with Crippen molar-refractivity contribution in [1.29, 1.82) is 0 Å². The van der Waals surface area contributed by atoms with Crippen molar-refractivity contribution < 1.29 is 19.4 Å². The summed E-state index contributed by atoms with van der Waals surface area (Å²) in [5.74, 6) is -1.29. The van der Waals surface area contributed by atoms with Crippen LogP contribution in [0, 0.1) is 0 Å². The second-order valence-electron chi connectivity index (χ2n) is 3.79. The highest BCUT2D eigenvalue weighted by Gasteiger charge is 2.23. The van der Waals surface area contributed by atoms with Gasteiger partial charge in [0.15, 0.2) is 5.57 Å². The van der Waals surface area contributed by atoms with Gasteiger partial charge in [-0.3, -0.25) is 0 Å². The standard InChI is InChI=1S/C14H16BrNO4S/c1-3-19-13(17)11(14(18)20-4-2)12(21)16-10-7-5-9(15)6-8-10/h5-8,17H,3-4H2,1-2H3,(H,16,21)/b13-11-. The van der Waals surface area contributed by atoms with E-state index in [1.165, 1.54) is 0 Å². The van der Waals surface area contributed by atoms with Gasteiger partial charge >= 0.3 is 5.97 Å². The van der Waals surface area contributed by atoms with Gasteiger partial charge in [-0.15, -0.1) is 0 Å². The Morgan fingerprint density at radius 1 is 1.24 bits per heavy atom. The van der Waals surface area contributed by atoms with Crippen LogP contribution in [0.5, 0.6) is 0 Å². The van der Waals surface area contributed by atoms with Gasteiger partial charge in [0, 0.05) is 10.2 Å². The molecule has 21 heavy (non-hydrogen) atoms. The topological polar surface area (TPSA) is 67.8 Å². The molecule has 0 aliphatic rings. The van der Waals surface area contributed by atoms with E-state index >= 15 is 0 Å². The van der Waals surface area contributed by atoms with Crippen LogP contribution in [0.3, 0.4) is 0 Å². The van der Waals surface area contributed by atoms with Crippen LogP contribution < -0.4 is 5.32 Å². The van der Waals surface area contributed by atoms with Gasteiger partial charge in [-0.05, 0) is 38.1 Å². The van der Waals surface area contributed by atoms with Crippen LogP contribution in [0.1, 0.15) is 13.8 Å². The molecule has 1 aromatic carbocycles. The third kappa shape index (κ3) is 5.35. The second-order valence-corrected chi connectivity index (χ2v) is 5.12. The zero-order valence-corrected chi connectivity index (χ0v) is 14.1. The number of carbonyl (C=O) groups is 1. The number of halogens is 1. The minimum atomic E-state index is -0.738. The van der Waals surface area contributed by atoms with E-state index in [1.54, 1.807) is 26.0 Å². The average molecular weight is 374 g/mol. The highest BCUT2D eigenvalue weighted by molar-refractivity contribution is 9.10. The van der Waals surface area contributed by atoms with Crippen LogP contribution in [0.2, 0.25) is 0 Å². The summed E-state index contributed by atoms with van der Waals surface area (Å²) < 4.78 is 10.7. The SMILES string of the molecule is CCOC(=O)/C(C(=S)Nc1ccc(Br)cc1)=C(/O)OCC. The zero-order chi connectivity index (χ0) is 15.8. The molecule has 0 aliphatic heterocycles. The molecule has 0 amide bonds. The Kier molecular flexibility index (Phi) is 7.18. The largest absolute Gasteiger partial charge is 0.480 e. The van der Waals surface area contributed by atoms with Crippen LogP contribution in [0.25, 0.3) is 0 Å². The lowest BCUT2D eigenvalue weighted by Gasteiger charge is -2.13. The Bertz CT molecular complexity index is 542. The number of aliphatic hydroxyl groups excluding tert-OH is 1. The molecule has 0 aliphatic carbocycles. The van der Waals surface area contributed by atoms with Crippen LogP contribution >= 0.6 is 28.1 Å². The molecule has 7 heteroatoms. The van der Waals surface area contributed by atoms with Crippen molar-refractivity contribution in [3.63, 3.8) is 0 Å². The van der Waals surface area contributed by atoms with Crippen molar-refractivity contribution in [2.75, 3.05) is 18.5 Å². The maximum absolute atomic E-state index is 11.9. The van der Waals surface area contributed by atoms with Crippen molar-refractivity contribution in [2.24, 2.45) is 0 Å². The van der Waals surface area contributed by atoms with Gasteiger partial charge in [-0.2, -0.15) is 0 Å². The number of aliphatic hydroxyl groups is 1. The number of carbonyl (C=O) groups excluding carboxylic acids is 1. The quantitative estimate of drug-likeness (QED) is 0.344. The molecule has 114 valence electrons. The molecule has 1 rings (SSSR count). The molecule has 0 saturated carbocycles. The minimum Gasteiger partial charge on any atom is -0.480 e. The van der Waals surface area contributed by atoms with E-state index < -0.39 is 11.9 Å². The van der Waals surface area contributed by atoms with Crippen molar-refractivity contribution in [1.82, 2.24) is 0 Å². The predicted molar refractivity (Wildman–Crippen MR) is 88.3 cm³/mol. The van der Waals surface area contributed by atoms with E-state index in [0.717, 1.165) is 4.47 Å². The molecule has 2 N–H and O–H groups in total. The Morgan fingerprint density at radius 2 is 1.81 bits per heavy atom. The number of nitrogens with one attached hydrogen (secondary N) is 1. The Hall–Kier alpha value is -1.60. The Morgan fingerprint density at radius 3 is 2.33 bits per heavy atom. The van der Waals surface area contributed by atoms with Gasteiger partial charge in [-0.25, -0.2) is 4.79 Å². The molecule has 1 aromatic rings. The Balaban J connectivity index is 2.97. The van der Waals surface area contributed by atoms with E-state index in [0.29, 0.717) is 5.69 Å². The molecule has 5 nitrogen and oxygen atoms in total. The molecule has 0 heterocycles. The molecule has 0 saturated heterocycles. The Labute approximate surface area is 137 Å². The lowest BCUT2D eigenvalue weighted by atomic mass is 10.2. The molecule has 0 spiro atoms. The first-order valence-corrected chi connectivity index (χ1v) is 7.49. The predicted octanol–water partition coefficient (Wildman–Crippen LogP) is 3.56. The van der Waals surface area contributed by atoms with Gasteiger partial charge in [0.25, 0.3) is 5.95 Å². The number of thiocarbonyl (C=S) groups is 1. The van der Waals surface area contributed by atoms with Crippen molar-refractivity contribution in [2.45, 2.75) is 13.8 Å². The monoisotopic (exact) mass is 373 g/mol. The maximum Gasteiger partial charge on any atom is 0.348 e. The fourth-order valence-electron chi connectivity index (χ4n) is 1.42. The number of rotatable bonds is 6. The second kappa shape index (κ2) is 8.63. The number of ether oxygens (including phenoxy) is 2. The molecule has 0 fully saturated rings. The first kappa shape index (κ1) is 17.5. The zero-order valence-electron chi connectivity index (χ0n) is 11.7. The summed E-state index contributed by atoms with van der Waals surface area (Å²) in [6, 6.07) is 7.19. The first-order chi connectivity index (χ1) is 9.99. The summed E-state index contributed by atoms with van der Waals surface area (Å²) in [5.41, 5.74) is 0.478. The van der Waals surface area contributed by atoms with Gasteiger partial charge in [0.2, 0.25) is 0 Å². The third-order valence-corrected chi connectivity index (χ3v) is 3.14. The normalized spacial score (nSPS) is 11.4. The minimum absolute atomic E-state index is 0.0294. The third-order valence-electron chi connectivity index (χ3n) is 2.30. The smallest absolute Gasteiger partial charge is 0.348 e. The lowest BCUT2D eigenvalue weighted by molar-refractivity contribution is -0.138. The first-order valence-electron chi connectivity index (χ1n) is 6.29. The van der Waals surface area contributed by atoms with Crippen LogP contribution in [0.4, 0.5) is 5.69 Å². The number of hydrogen-bond donors (Lipinski definition) is 2. The van der Waals surface area contributed by atoms with Crippen molar-refractivity contribution in [3.8, 4) is 0 Å². The van der Waals surface area contributed by atoms with Gasteiger partial charge < -0.3 is 19.9 Å². The van der Waals surface area contributed by atoms with E-state index in [4.69, 9.17) is 21.7 Å². The van der Waals surface area contributed by atoms with Crippen molar-refractivity contribution >= 4 is 44.8 Å². The maximum atomic E-state index is 11.9. The molecule has 0 atom stereocenters. The molecule has 0 aromatic heterocycles. The fourth-order valence-corrected chi connectivity index (χ4v) is 1.97. The van der Waals surface area contributed by atoms with Crippen molar-refractivity contribution in [3.05, 3.63) is 40.3 Å². The number of anilines is 1.